The maximum atomic E-state index is 14.6. The van der Waals surface area contributed by atoms with Crippen molar-refractivity contribution in [2.45, 2.75) is 50.5 Å². The van der Waals surface area contributed by atoms with Crippen LogP contribution in [0.5, 0.6) is 11.5 Å². The summed E-state index contributed by atoms with van der Waals surface area (Å²) in [6, 6.07) is 16.9. The third-order valence-corrected chi connectivity index (χ3v) is 9.17. The number of hydrogen-bond donors (Lipinski definition) is 0. The monoisotopic (exact) mass is 603 g/mol. The lowest BCUT2D eigenvalue weighted by Crippen LogP contribution is -2.35. The molecule has 224 valence electrons. The molecule has 4 aromatic rings. The van der Waals surface area contributed by atoms with E-state index in [-0.39, 0.29) is 18.5 Å². The van der Waals surface area contributed by atoms with Crippen LogP contribution in [0.2, 0.25) is 5.02 Å². The van der Waals surface area contributed by atoms with E-state index in [1.165, 1.54) is 6.07 Å². The summed E-state index contributed by atoms with van der Waals surface area (Å²) in [6.07, 6.45) is 2.77. The minimum absolute atomic E-state index is 0.221. The number of rotatable bonds is 8. The minimum Gasteiger partial charge on any atom is -0.497 e. The van der Waals surface area contributed by atoms with Gasteiger partial charge in [-0.05, 0) is 74.7 Å². The molecule has 3 aliphatic heterocycles. The van der Waals surface area contributed by atoms with Crippen molar-refractivity contribution in [3.05, 3.63) is 94.5 Å². The summed E-state index contributed by atoms with van der Waals surface area (Å²) in [5.41, 5.74) is 4.62. The number of nitrogens with zero attached hydrogens (tertiary/aromatic N) is 3. The number of halogens is 2. The summed E-state index contributed by atoms with van der Waals surface area (Å²) in [6.45, 7) is 8.56. The Morgan fingerprint density at radius 3 is 2.67 bits per heavy atom. The van der Waals surface area contributed by atoms with E-state index in [4.69, 9.17) is 35.5 Å². The van der Waals surface area contributed by atoms with Gasteiger partial charge in [0, 0.05) is 28.3 Å². The van der Waals surface area contributed by atoms with Crippen molar-refractivity contribution in [2.75, 3.05) is 33.4 Å². The van der Waals surface area contributed by atoms with E-state index in [9.17, 15) is 4.39 Å². The fourth-order valence-corrected chi connectivity index (χ4v) is 6.55. The number of likely N-dealkylation sites (tertiary alicyclic amines) is 1. The molecule has 3 aromatic carbocycles. The standard InChI is InChI=1S/C34H35ClFN3O4/c1-21(40-2)23-6-9-29-30(16-23)39(18-25-12-15-41-25)33(37-29)19-38-13-10-22(11-14-38)26-4-3-5-31-34(26)42-20-32(43-31)27-8-7-24(35)17-28(27)36/h3-9,16-17,22,25,32H,1,10-15,18-20H2,2H3/t25-,32?/m0/s1. The van der Waals surface area contributed by atoms with Gasteiger partial charge in [-0.25, -0.2) is 9.37 Å². The van der Waals surface area contributed by atoms with Gasteiger partial charge in [0.05, 0.1) is 37.3 Å². The molecular weight excluding hydrogens is 569 g/mol. The average Bonchev–Trinajstić information content (AvgIpc) is 3.34. The van der Waals surface area contributed by atoms with Crippen molar-refractivity contribution in [1.29, 1.82) is 0 Å². The average molecular weight is 604 g/mol. The molecule has 0 amide bonds. The van der Waals surface area contributed by atoms with Crippen molar-refractivity contribution in [1.82, 2.24) is 14.5 Å². The lowest BCUT2D eigenvalue weighted by Gasteiger charge is -2.35. The number of piperidine rings is 1. The summed E-state index contributed by atoms with van der Waals surface area (Å²) in [4.78, 5) is 7.53. The normalized spacial score (nSPS) is 20.6. The molecule has 1 unspecified atom stereocenters. The molecule has 0 saturated carbocycles. The number of para-hydroxylation sites is 1. The smallest absolute Gasteiger partial charge is 0.164 e. The van der Waals surface area contributed by atoms with Crippen LogP contribution in [0.15, 0.2) is 61.2 Å². The number of aromatic nitrogens is 2. The SMILES string of the molecule is C=C(OC)c1ccc2nc(CN3CCC(c4cccc5c4OCC(c4ccc(Cl)cc4F)O5)CC3)n(C[C@@H]3CCO3)c2c1. The summed E-state index contributed by atoms with van der Waals surface area (Å²) in [5, 5.41) is 0.360. The predicted molar refractivity (Wildman–Crippen MR) is 164 cm³/mol. The van der Waals surface area contributed by atoms with Crippen LogP contribution in [0.25, 0.3) is 16.8 Å². The highest BCUT2D eigenvalue weighted by Gasteiger charge is 2.31. The molecular formula is C34H35ClFN3O4. The van der Waals surface area contributed by atoms with Gasteiger partial charge in [-0.15, -0.1) is 0 Å². The first-order valence-corrected chi connectivity index (χ1v) is 15.3. The first-order valence-electron chi connectivity index (χ1n) is 14.9. The molecule has 7 nitrogen and oxygen atoms in total. The zero-order valence-corrected chi connectivity index (χ0v) is 25.0. The van der Waals surface area contributed by atoms with Crippen molar-refractivity contribution < 1.29 is 23.3 Å². The Labute approximate surface area is 255 Å². The Kier molecular flexibility index (Phi) is 7.76. The molecule has 0 N–H and O–H groups in total. The van der Waals surface area contributed by atoms with E-state index in [2.05, 4.69) is 34.2 Å². The van der Waals surface area contributed by atoms with E-state index in [1.807, 2.05) is 18.2 Å². The van der Waals surface area contributed by atoms with Crippen LogP contribution in [0, 0.1) is 5.82 Å². The number of fused-ring (bicyclic) bond motifs is 2. The van der Waals surface area contributed by atoms with Gasteiger partial charge >= 0.3 is 0 Å². The predicted octanol–water partition coefficient (Wildman–Crippen LogP) is 7.13. The Morgan fingerprint density at radius 2 is 1.93 bits per heavy atom. The lowest BCUT2D eigenvalue weighted by molar-refractivity contribution is -0.0592. The summed E-state index contributed by atoms with van der Waals surface area (Å²) in [7, 11) is 1.64. The van der Waals surface area contributed by atoms with Crippen LogP contribution in [0.3, 0.4) is 0 Å². The Balaban J connectivity index is 1.05. The highest BCUT2D eigenvalue weighted by molar-refractivity contribution is 6.30. The zero-order chi connectivity index (χ0) is 29.5. The van der Waals surface area contributed by atoms with Gasteiger partial charge in [-0.3, -0.25) is 4.90 Å². The maximum absolute atomic E-state index is 14.6. The summed E-state index contributed by atoms with van der Waals surface area (Å²) in [5.74, 6) is 3.10. The molecule has 43 heavy (non-hydrogen) atoms. The number of ether oxygens (including phenoxy) is 4. The molecule has 0 bridgehead atoms. The lowest BCUT2D eigenvalue weighted by atomic mass is 9.88. The maximum Gasteiger partial charge on any atom is 0.164 e. The van der Waals surface area contributed by atoms with E-state index in [0.717, 1.165) is 85.8 Å². The highest BCUT2D eigenvalue weighted by Crippen LogP contribution is 2.44. The first-order chi connectivity index (χ1) is 21.0. The van der Waals surface area contributed by atoms with Crippen molar-refractivity contribution in [3.8, 4) is 11.5 Å². The number of hydrogen-bond acceptors (Lipinski definition) is 6. The van der Waals surface area contributed by atoms with Gasteiger partial charge in [0.25, 0.3) is 0 Å². The van der Waals surface area contributed by atoms with E-state index < -0.39 is 6.10 Å². The van der Waals surface area contributed by atoms with Crippen LogP contribution in [0.1, 0.15) is 53.8 Å². The number of benzene rings is 3. The molecule has 2 saturated heterocycles. The Bertz CT molecular complexity index is 1660. The van der Waals surface area contributed by atoms with Crippen LogP contribution in [-0.4, -0.2) is 54.0 Å². The highest BCUT2D eigenvalue weighted by atomic mass is 35.5. The number of imidazole rings is 1. The van der Waals surface area contributed by atoms with E-state index in [0.29, 0.717) is 28.0 Å². The quantitative estimate of drug-likeness (QED) is 0.200. The Morgan fingerprint density at radius 1 is 1.09 bits per heavy atom. The van der Waals surface area contributed by atoms with Gasteiger partial charge in [-0.2, -0.15) is 0 Å². The van der Waals surface area contributed by atoms with Gasteiger partial charge in [-0.1, -0.05) is 36.4 Å². The van der Waals surface area contributed by atoms with E-state index in [1.54, 1.807) is 19.2 Å². The molecule has 3 aliphatic rings. The fraction of sp³-hybridized carbons (Fsp3) is 0.382. The van der Waals surface area contributed by atoms with Crippen LogP contribution < -0.4 is 9.47 Å². The largest absolute Gasteiger partial charge is 0.497 e. The molecule has 2 fully saturated rings. The zero-order valence-electron chi connectivity index (χ0n) is 24.2. The first kappa shape index (κ1) is 28.2. The molecule has 0 radical (unpaired) electrons. The van der Waals surface area contributed by atoms with Gasteiger partial charge in [0.15, 0.2) is 17.6 Å². The molecule has 0 spiro atoms. The van der Waals surface area contributed by atoms with Crippen molar-refractivity contribution in [2.24, 2.45) is 0 Å². The molecule has 2 atom stereocenters. The second-order valence-corrected chi connectivity index (χ2v) is 12.0. The van der Waals surface area contributed by atoms with Crippen molar-refractivity contribution in [3.63, 3.8) is 0 Å². The fourth-order valence-electron chi connectivity index (χ4n) is 6.39. The topological polar surface area (TPSA) is 58.0 Å². The minimum atomic E-state index is -0.518. The summed E-state index contributed by atoms with van der Waals surface area (Å²) >= 11 is 5.94. The molecule has 4 heterocycles. The second kappa shape index (κ2) is 11.8. The number of methoxy groups -OCH3 is 1. The van der Waals surface area contributed by atoms with E-state index >= 15 is 0 Å². The third kappa shape index (κ3) is 5.59. The second-order valence-electron chi connectivity index (χ2n) is 11.6. The third-order valence-electron chi connectivity index (χ3n) is 8.93. The van der Waals surface area contributed by atoms with Gasteiger partial charge in [0.1, 0.15) is 24.0 Å². The summed E-state index contributed by atoms with van der Waals surface area (Å²) < 4.78 is 40.5. The van der Waals surface area contributed by atoms with Crippen LogP contribution in [-0.2, 0) is 22.6 Å². The van der Waals surface area contributed by atoms with Crippen LogP contribution >= 0.6 is 11.6 Å². The molecule has 9 heteroatoms. The van der Waals surface area contributed by atoms with Gasteiger partial charge in [0.2, 0.25) is 0 Å². The van der Waals surface area contributed by atoms with Gasteiger partial charge < -0.3 is 23.5 Å². The molecule has 7 rings (SSSR count). The molecule has 0 aliphatic carbocycles. The van der Waals surface area contributed by atoms with Crippen LogP contribution in [0.4, 0.5) is 4.39 Å². The Hall–Kier alpha value is -3.59. The molecule has 1 aromatic heterocycles. The van der Waals surface area contributed by atoms with Crippen molar-refractivity contribution >= 4 is 28.4 Å².